The molecule has 0 aliphatic rings. The Hall–Kier alpha value is -1.56. The van der Waals surface area contributed by atoms with E-state index in [1.807, 2.05) is 0 Å². The van der Waals surface area contributed by atoms with E-state index in [-0.39, 0.29) is 0 Å². The van der Waals surface area contributed by atoms with Crippen LogP contribution in [0.2, 0.25) is 0 Å². The molecule has 16 heavy (non-hydrogen) atoms. The largest absolute Gasteiger partial charge is 0.469 e. The number of hydrogen-bond donors (Lipinski definition) is 1. The van der Waals surface area contributed by atoms with Gasteiger partial charge in [-0.1, -0.05) is 0 Å². The van der Waals surface area contributed by atoms with Crippen molar-refractivity contribution in [3.63, 3.8) is 0 Å². The molecular formula is C10H9F3O3. The van der Waals surface area contributed by atoms with Crippen LogP contribution < -0.4 is 0 Å². The normalized spacial score (nSPS) is 12.3. The minimum atomic E-state index is -1.57. The highest BCUT2D eigenvalue weighted by Crippen LogP contribution is 2.22. The van der Waals surface area contributed by atoms with Gasteiger partial charge in [-0.2, -0.15) is 0 Å². The maximum Gasteiger partial charge on any atom is 0.308 e. The molecule has 1 aromatic carbocycles. The Bertz CT molecular complexity index is 407. The first-order valence-corrected chi connectivity index (χ1v) is 4.35. The summed E-state index contributed by atoms with van der Waals surface area (Å²) in [6, 6.07) is 0.823. The number of aliphatic hydroxyl groups is 1. The molecule has 0 bridgehead atoms. The number of hydrogen-bond acceptors (Lipinski definition) is 3. The lowest BCUT2D eigenvalue weighted by molar-refractivity contribution is -0.142. The summed E-state index contributed by atoms with van der Waals surface area (Å²) in [5, 5.41) is 9.39. The fourth-order valence-electron chi connectivity index (χ4n) is 1.14. The Labute approximate surface area is 89.5 Å². The van der Waals surface area contributed by atoms with Crippen LogP contribution in [0, 0.1) is 17.5 Å². The lowest BCUT2D eigenvalue weighted by Gasteiger charge is -2.10. The molecule has 0 fully saturated rings. The number of methoxy groups -OCH3 is 1. The summed E-state index contributed by atoms with van der Waals surface area (Å²) in [6.45, 7) is 0. The van der Waals surface area contributed by atoms with Crippen LogP contribution in [0.5, 0.6) is 0 Å². The summed E-state index contributed by atoms with van der Waals surface area (Å²) in [5.74, 6) is -4.54. The fraction of sp³-hybridized carbons (Fsp3) is 0.300. The molecular weight excluding hydrogens is 225 g/mol. The molecule has 0 amide bonds. The summed E-state index contributed by atoms with van der Waals surface area (Å²) in [7, 11) is 1.09. The smallest absolute Gasteiger partial charge is 0.308 e. The lowest BCUT2D eigenvalue weighted by atomic mass is 10.1. The van der Waals surface area contributed by atoms with Crippen LogP contribution in [0.4, 0.5) is 13.2 Å². The predicted octanol–water partition coefficient (Wildman–Crippen LogP) is 1.70. The summed E-state index contributed by atoms with van der Waals surface area (Å²) in [5.41, 5.74) is -0.482. The van der Waals surface area contributed by atoms with Crippen molar-refractivity contribution in [2.24, 2.45) is 0 Å². The zero-order valence-electron chi connectivity index (χ0n) is 8.34. The number of ether oxygens (including phenoxy) is 1. The van der Waals surface area contributed by atoms with Crippen molar-refractivity contribution in [1.82, 2.24) is 0 Å². The number of halogens is 3. The number of benzene rings is 1. The molecule has 0 spiro atoms. The number of aliphatic hydroxyl groups excluding tert-OH is 1. The molecule has 1 N–H and O–H groups in total. The molecule has 0 aliphatic carbocycles. The highest BCUT2D eigenvalue weighted by atomic mass is 19.2. The quantitative estimate of drug-likeness (QED) is 0.639. The van der Waals surface area contributed by atoms with Gasteiger partial charge in [0.1, 0.15) is 5.82 Å². The first kappa shape index (κ1) is 12.5. The van der Waals surface area contributed by atoms with Gasteiger partial charge in [-0.05, 0) is 6.07 Å². The van der Waals surface area contributed by atoms with Crippen molar-refractivity contribution in [3.8, 4) is 0 Å². The zero-order chi connectivity index (χ0) is 12.3. The van der Waals surface area contributed by atoms with Gasteiger partial charge in [0, 0.05) is 11.6 Å². The second kappa shape index (κ2) is 4.98. The first-order valence-electron chi connectivity index (χ1n) is 4.35. The monoisotopic (exact) mass is 234 g/mol. The van der Waals surface area contributed by atoms with Gasteiger partial charge in [-0.25, -0.2) is 13.2 Å². The van der Waals surface area contributed by atoms with Gasteiger partial charge in [0.15, 0.2) is 11.6 Å². The molecule has 0 aliphatic heterocycles. The van der Waals surface area contributed by atoms with Crippen LogP contribution in [0.25, 0.3) is 0 Å². The van der Waals surface area contributed by atoms with E-state index in [1.165, 1.54) is 0 Å². The van der Waals surface area contributed by atoms with Gasteiger partial charge in [0.25, 0.3) is 0 Å². The average Bonchev–Trinajstić information content (AvgIpc) is 2.23. The molecule has 0 radical (unpaired) electrons. The van der Waals surface area contributed by atoms with E-state index < -0.39 is 41.5 Å². The summed E-state index contributed by atoms with van der Waals surface area (Å²) in [6.07, 6.45) is -2.10. The maximum atomic E-state index is 13.1. The molecule has 0 aromatic heterocycles. The number of carbonyl (C=O) groups is 1. The van der Waals surface area contributed by atoms with Crippen molar-refractivity contribution in [2.45, 2.75) is 12.5 Å². The molecule has 0 saturated carbocycles. The van der Waals surface area contributed by atoms with Gasteiger partial charge in [0.05, 0.1) is 19.6 Å². The lowest BCUT2D eigenvalue weighted by Crippen LogP contribution is -2.10. The van der Waals surface area contributed by atoms with Crippen LogP contribution in [0.3, 0.4) is 0 Å². The number of carbonyl (C=O) groups excluding carboxylic acids is 1. The SMILES string of the molecule is COC(=O)CC(O)c1cc(F)c(F)cc1F. The van der Waals surface area contributed by atoms with Crippen molar-refractivity contribution < 1.29 is 27.8 Å². The third-order valence-corrected chi connectivity index (χ3v) is 1.99. The number of rotatable bonds is 3. The summed E-state index contributed by atoms with van der Waals surface area (Å²) in [4.78, 5) is 10.8. The van der Waals surface area contributed by atoms with Crippen molar-refractivity contribution in [2.75, 3.05) is 7.11 Å². The molecule has 88 valence electrons. The van der Waals surface area contributed by atoms with Gasteiger partial charge < -0.3 is 9.84 Å². The Balaban J connectivity index is 2.95. The van der Waals surface area contributed by atoms with E-state index in [0.29, 0.717) is 12.1 Å². The minimum Gasteiger partial charge on any atom is -0.469 e. The average molecular weight is 234 g/mol. The van der Waals surface area contributed by atoms with Crippen LogP contribution >= 0.6 is 0 Å². The first-order chi connectivity index (χ1) is 7.45. The van der Waals surface area contributed by atoms with Crippen LogP contribution in [0.1, 0.15) is 18.1 Å². The highest BCUT2D eigenvalue weighted by molar-refractivity contribution is 5.70. The third-order valence-electron chi connectivity index (χ3n) is 1.99. The van der Waals surface area contributed by atoms with Gasteiger partial charge in [0.2, 0.25) is 0 Å². The Morgan fingerprint density at radius 2 is 1.88 bits per heavy atom. The van der Waals surface area contributed by atoms with E-state index in [4.69, 9.17) is 0 Å². The molecule has 1 unspecified atom stereocenters. The highest BCUT2D eigenvalue weighted by Gasteiger charge is 2.19. The Kier molecular flexibility index (Phi) is 3.89. The topological polar surface area (TPSA) is 46.5 Å². The molecule has 1 rings (SSSR count). The van der Waals surface area contributed by atoms with Crippen molar-refractivity contribution >= 4 is 5.97 Å². The Morgan fingerprint density at radius 3 is 2.44 bits per heavy atom. The van der Waals surface area contributed by atoms with Crippen LogP contribution in [-0.4, -0.2) is 18.2 Å². The van der Waals surface area contributed by atoms with Crippen molar-refractivity contribution in [1.29, 1.82) is 0 Å². The van der Waals surface area contributed by atoms with E-state index in [0.717, 1.165) is 7.11 Å². The molecule has 0 saturated heterocycles. The molecule has 6 heteroatoms. The van der Waals surface area contributed by atoms with E-state index in [9.17, 15) is 23.1 Å². The Morgan fingerprint density at radius 1 is 1.31 bits per heavy atom. The summed E-state index contributed by atoms with van der Waals surface area (Å²) >= 11 is 0. The van der Waals surface area contributed by atoms with Gasteiger partial charge in [-0.3, -0.25) is 4.79 Å². The number of esters is 1. The van der Waals surface area contributed by atoms with Gasteiger partial charge >= 0.3 is 5.97 Å². The van der Waals surface area contributed by atoms with Crippen LogP contribution in [-0.2, 0) is 9.53 Å². The molecule has 1 aromatic rings. The molecule has 1 atom stereocenters. The second-order valence-corrected chi connectivity index (χ2v) is 3.08. The summed E-state index contributed by atoms with van der Waals surface area (Å²) < 4.78 is 42.7. The molecule has 0 heterocycles. The van der Waals surface area contributed by atoms with E-state index in [2.05, 4.69) is 4.74 Å². The standard InChI is InChI=1S/C10H9F3O3/c1-16-10(15)4-9(14)5-2-7(12)8(13)3-6(5)11/h2-3,9,14H,4H2,1H3. The predicted molar refractivity (Wildman–Crippen MR) is 47.9 cm³/mol. The van der Waals surface area contributed by atoms with Crippen molar-refractivity contribution in [3.05, 3.63) is 35.1 Å². The zero-order valence-corrected chi connectivity index (χ0v) is 8.34. The van der Waals surface area contributed by atoms with E-state index >= 15 is 0 Å². The third kappa shape index (κ3) is 2.73. The minimum absolute atomic E-state index is 0.311. The van der Waals surface area contributed by atoms with Gasteiger partial charge in [-0.15, -0.1) is 0 Å². The second-order valence-electron chi connectivity index (χ2n) is 3.08. The van der Waals surface area contributed by atoms with E-state index in [1.54, 1.807) is 0 Å². The maximum absolute atomic E-state index is 13.1. The van der Waals surface area contributed by atoms with Crippen LogP contribution in [0.15, 0.2) is 12.1 Å². The fourth-order valence-corrected chi connectivity index (χ4v) is 1.14. The molecule has 3 nitrogen and oxygen atoms in total.